The number of halogens is 3. The van der Waals surface area contributed by atoms with Crippen molar-refractivity contribution in [3.63, 3.8) is 0 Å². The van der Waals surface area contributed by atoms with Gasteiger partial charge in [-0.1, -0.05) is 0 Å². The monoisotopic (exact) mass is 265 g/mol. The minimum atomic E-state index is -2.86. The first-order chi connectivity index (χ1) is 6.43. The lowest BCUT2D eigenvalue weighted by molar-refractivity contribution is 0.0683. The van der Waals surface area contributed by atoms with E-state index in [9.17, 15) is 13.6 Å². The van der Waals surface area contributed by atoms with Crippen molar-refractivity contribution in [3.05, 3.63) is 27.5 Å². The summed E-state index contributed by atoms with van der Waals surface area (Å²) in [5, 5.41) is 8.68. The highest BCUT2D eigenvalue weighted by molar-refractivity contribution is 9.10. The van der Waals surface area contributed by atoms with Crippen LogP contribution in [0.3, 0.4) is 0 Å². The fourth-order valence-electron chi connectivity index (χ4n) is 1.03. The Bertz CT molecular complexity index is 382. The van der Waals surface area contributed by atoms with Crippen LogP contribution in [0, 0.1) is 6.92 Å². The van der Waals surface area contributed by atoms with Crippen LogP contribution in [-0.2, 0) is 0 Å². The van der Waals surface area contributed by atoms with E-state index in [2.05, 4.69) is 20.9 Å². The molecule has 1 N–H and O–H groups in total. The summed E-state index contributed by atoms with van der Waals surface area (Å²) in [6, 6.07) is 1.12. The standard InChI is InChI=1S/C8H6BrF2NO2/c1-3-2-4(8(13)14)5(7(10)11)6(9)12-3/h2,7H,1H3,(H,13,14). The van der Waals surface area contributed by atoms with Crippen LogP contribution in [0.25, 0.3) is 0 Å². The Kier molecular flexibility index (Phi) is 3.15. The molecule has 0 saturated carbocycles. The van der Waals surface area contributed by atoms with Gasteiger partial charge in [0.25, 0.3) is 6.43 Å². The van der Waals surface area contributed by atoms with Crippen LogP contribution >= 0.6 is 15.9 Å². The van der Waals surface area contributed by atoms with Crippen LogP contribution < -0.4 is 0 Å². The van der Waals surface area contributed by atoms with Gasteiger partial charge in [0.2, 0.25) is 0 Å². The fraction of sp³-hybridized carbons (Fsp3) is 0.250. The van der Waals surface area contributed by atoms with Crippen molar-refractivity contribution in [3.8, 4) is 0 Å². The van der Waals surface area contributed by atoms with Gasteiger partial charge in [-0.2, -0.15) is 0 Å². The highest BCUT2D eigenvalue weighted by Crippen LogP contribution is 2.29. The topological polar surface area (TPSA) is 50.2 Å². The zero-order valence-electron chi connectivity index (χ0n) is 7.09. The van der Waals surface area contributed by atoms with Gasteiger partial charge in [0.1, 0.15) is 4.60 Å². The summed E-state index contributed by atoms with van der Waals surface area (Å²) < 4.78 is 24.8. The highest BCUT2D eigenvalue weighted by Gasteiger charge is 2.22. The van der Waals surface area contributed by atoms with E-state index >= 15 is 0 Å². The number of carboxylic acids is 1. The van der Waals surface area contributed by atoms with Gasteiger partial charge in [-0.15, -0.1) is 0 Å². The van der Waals surface area contributed by atoms with E-state index in [1.165, 1.54) is 6.92 Å². The molecule has 1 heterocycles. The first kappa shape index (κ1) is 11.0. The van der Waals surface area contributed by atoms with E-state index in [1.54, 1.807) is 0 Å². The molecule has 1 aromatic rings. The van der Waals surface area contributed by atoms with Crippen molar-refractivity contribution in [2.75, 3.05) is 0 Å². The van der Waals surface area contributed by atoms with Gasteiger partial charge in [-0.3, -0.25) is 0 Å². The molecule has 3 nitrogen and oxygen atoms in total. The Labute approximate surface area is 86.9 Å². The molecule has 0 radical (unpaired) electrons. The van der Waals surface area contributed by atoms with E-state index in [4.69, 9.17) is 5.11 Å². The molecule has 14 heavy (non-hydrogen) atoms. The maximum absolute atomic E-state index is 12.4. The first-order valence-corrected chi connectivity index (χ1v) is 4.41. The highest BCUT2D eigenvalue weighted by atomic mass is 79.9. The number of hydrogen-bond acceptors (Lipinski definition) is 2. The summed E-state index contributed by atoms with van der Waals surface area (Å²) in [6.45, 7) is 1.53. The number of aromatic carboxylic acids is 1. The molecule has 0 aromatic carbocycles. The molecule has 0 spiro atoms. The maximum atomic E-state index is 12.4. The number of pyridine rings is 1. The minimum Gasteiger partial charge on any atom is -0.478 e. The lowest BCUT2D eigenvalue weighted by Crippen LogP contribution is -2.06. The lowest BCUT2D eigenvalue weighted by Gasteiger charge is -2.07. The average molecular weight is 266 g/mol. The van der Waals surface area contributed by atoms with Crippen molar-refractivity contribution in [2.45, 2.75) is 13.3 Å². The van der Waals surface area contributed by atoms with Gasteiger partial charge in [-0.05, 0) is 28.9 Å². The molecule has 0 unspecified atom stereocenters. The lowest BCUT2D eigenvalue weighted by atomic mass is 10.1. The quantitative estimate of drug-likeness (QED) is 0.837. The second-order valence-electron chi connectivity index (χ2n) is 2.62. The average Bonchev–Trinajstić information content (AvgIpc) is 2.01. The molecule has 0 bridgehead atoms. The smallest absolute Gasteiger partial charge is 0.336 e. The van der Waals surface area contributed by atoms with Gasteiger partial charge >= 0.3 is 5.97 Å². The molecule has 1 rings (SSSR count). The molecule has 0 amide bonds. The summed E-state index contributed by atoms with van der Waals surface area (Å²) in [4.78, 5) is 14.4. The Morgan fingerprint density at radius 3 is 2.64 bits per heavy atom. The minimum absolute atomic E-state index is 0.120. The molecule has 76 valence electrons. The number of nitrogens with zero attached hydrogens (tertiary/aromatic N) is 1. The number of aromatic nitrogens is 1. The van der Waals surface area contributed by atoms with E-state index < -0.39 is 23.5 Å². The first-order valence-electron chi connectivity index (χ1n) is 3.62. The third-order valence-electron chi connectivity index (χ3n) is 1.59. The number of hydrogen-bond donors (Lipinski definition) is 1. The van der Waals surface area contributed by atoms with E-state index in [-0.39, 0.29) is 4.60 Å². The predicted octanol–water partition coefficient (Wildman–Crippen LogP) is 2.79. The third-order valence-corrected chi connectivity index (χ3v) is 2.19. The van der Waals surface area contributed by atoms with Crippen molar-refractivity contribution in [1.29, 1.82) is 0 Å². The summed E-state index contributed by atoms with van der Waals surface area (Å²) in [6.07, 6.45) is -2.86. The van der Waals surface area contributed by atoms with Crippen LogP contribution in [0.1, 0.15) is 28.0 Å². The second kappa shape index (κ2) is 4.00. The number of alkyl halides is 2. The van der Waals surface area contributed by atoms with Crippen LogP contribution in [0.5, 0.6) is 0 Å². The molecule has 0 atom stereocenters. The third kappa shape index (κ3) is 2.06. The van der Waals surface area contributed by atoms with Crippen molar-refractivity contribution in [2.24, 2.45) is 0 Å². The summed E-state index contributed by atoms with van der Waals surface area (Å²) >= 11 is 2.81. The fourth-order valence-corrected chi connectivity index (χ4v) is 1.70. The number of carbonyl (C=O) groups is 1. The summed E-state index contributed by atoms with van der Waals surface area (Å²) in [7, 11) is 0. The zero-order chi connectivity index (χ0) is 10.9. The largest absolute Gasteiger partial charge is 0.478 e. The van der Waals surface area contributed by atoms with Gasteiger partial charge in [0.15, 0.2) is 0 Å². The summed E-state index contributed by atoms with van der Waals surface area (Å²) in [5.41, 5.74) is -0.624. The van der Waals surface area contributed by atoms with Gasteiger partial charge in [-0.25, -0.2) is 18.6 Å². The van der Waals surface area contributed by atoms with Crippen LogP contribution in [-0.4, -0.2) is 16.1 Å². The normalized spacial score (nSPS) is 10.6. The molecular weight excluding hydrogens is 260 g/mol. The molecule has 6 heteroatoms. The van der Waals surface area contributed by atoms with E-state index in [1.807, 2.05) is 0 Å². The number of carboxylic acid groups (broad SMARTS) is 1. The molecule has 0 fully saturated rings. The van der Waals surface area contributed by atoms with E-state index in [0.29, 0.717) is 5.69 Å². The van der Waals surface area contributed by atoms with Gasteiger partial charge in [0, 0.05) is 5.69 Å². The zero-order valence-corrected chi connectivity index (χ0v) is 8.68. The summed E-state index contributed by atoms with van der Waals surface area (Å²) in [5.74, 6) is -1.38. The van der Waals surface area contributed by atoms with Crippen LogP contribution in [0.15, 0.2) is 10.7 Å². The Hall–Kier alpha value is -1.04. The van der Waals surface area contributed by atoms with Gasteiger partial charge < -0.3 is 5.11 Å². The Balaban J connectivity index is 3.44. The van der Waals surface area contributed by atoms with Crippen LogP contribution in [0.4, 0.5) is 8.78 Å². The van der Waals surface area contributed by atoms with Crippen molar-refractivity contribution in [1.82, 2.24) is 4.98 Å². The van der Waals surface area contributed by atoms with Crippen molar-refractivity contribution >= 4 is 21.9 Å². The predicted molar refractivity (Wildman–Crippen MR) is 48.6 cm³/mol. The second-order valence-corrected chi connectivity index (χ2v) is 3.37. The molecule has 0 aliphatic rings. The molecular formula is C8H6BrF2NO2. The van der Waals surface area contributed by atoms with Crippen molar-refractivity contribution < 1.29 is 18.7 Å². The molecule has 0 saturated heterocycles. The van der Waals surface area contributed by atoms with Gasteiger partial charge in [0.05, 0.1) is 11.1 Å². The molecule has 0 aliphatic carbocycles. The number of rotatable bonds is 2. The molecule has 0 aliphatic heterocycles. The van der Waals surface area contributed by atoms with E-state index in [0.717, 1.165) is 6.07 Å². The van der Waals surface area contributed by atoms with Crippen LogP contribution in [0.2, 0.25) is 0 Å². The SMILES string of the molecule is Cc1cc(C(=O)O)c(C(F)F)c(Br)n1. The Morgan fingerprint density at radius 2 is 2.21 bits per heavy atom. The maximum Gasteiger partial charge on any atom is 0.336 e. The number of aryl methyl sites for hydroxylation is 1. The Morgan fingerprint density at radius 1 is 1.64 bits per heavy atom. The molecule has 1 aromatic heterocycles.